The molecule has 0 aliphatic rings. The largest absolute Gasteiger partial charge is 0.310 e. The molecule has 3 nitrogen and oxygen atoms in total. The van der Waals surface area contributed by atoms with Gasteiger partial charge in [-0.1, -0.05) is 69.2 Å². The maximum absolute atomic E-state index is 4.49. The lowest BCUT2D eigenvalue weighted by molar-refractivity contribution is 0.717. The van der Waals surface area contributed by atoms with E-state index in [-0.39, 0.29) is 0 Å². The highest BCUT2D eigenvalue weighted by molar-refractivity contribution is 7.99. The summed E-state index contributed by atoms with van der Waals surface area (Å²) in [5, 5.41) is 8.96. The summed E-state index contributed by atoms with van der Waals surface area (Å²) in [4.78, 5) is 1.25. The summed E-state index contributed by atoms with van der Waals surface area (Å²) < 4.78 is 2.10. The Kier molecular flexibility index (Phi) is 6.51. The van der Waals surface area contributed by atoms with Gasteiger partial charge in [-0.3, -0.25) is 0 Å². The fourth-order valence-electron chi connectivity index (χ4n) is 3.15. The fraction of sp³-hybridized carbons (Fsp3) is 0.364. The summed E-state index contributed by atoms with van der Waals surface area (Å²) in [6.45, 7) is 4.41. The number of aromatic nitrogens is 3. The van der Waals surface area contributed by atoms with Crippen molar-refractivity contribution in [3.05, 3.63) is 54.1 Å². The van der Waals surface area contributed by atoms with Crippen molar-refractivity contribution >= 4 is 11.8 Å². The first-order valence-corrected chi connectivity index (χ1v) is 10.4. The van der Waals surface area contributed by atoms with Crippen LogP contribution in [-0.2, 0) is 13.5 Å². The first-order valence-electron chi connectivity index (χ1n) is 9.45. The lowest BCUT2D eigenvalue weighted by Crippen LogP contribution is -1.97. The van der Waals surface area contributed by atoms with Gasteiger partial charge in [0.05, 0.1) is 0 Å². The molecule has 0 bridgehead atoms. The Labute approximate surface area is 160 Å². The third-order valence-electron chi connectivity index (χ3n) is 4.58. The number of unbranched alkanes of at least 4 members (excludes halogenated alkanes) is 2. The van der Waals surface area contributed by atoms with Gasteiger partial charge in [0.25, 0.3) is 0 Å². The summed E-state index contributed by atoms with van der Waals surface area (Å²) >= 11 is 1.84. The van der Waals surface area contributed by atoms with Crippen molar-refractivity contribution in [3.8, 4) is 22.8 Å². The van der Waals surface area contributed by atoms with Crippen LogP contribution in [0.15, 0.2) is 53.4 Å². The molecule has 0 saturated heterocycles. The number of hydrogen-bond donors (Lipinski definition) is 0. The van der Waals surface area contributed by atoms with E-state index in [1.165, 1.54) is 29.7 Å². The topological polar surface area (TPSA) is 30.7 Å². The molecule has 1 aromatic heterocycles. The first-order chi connectivity index (χ1) is 12.7. The van der Waals surface area contributed by atoms with Gasteiger partial charge in [-0.05, 0) is 30.2 Å². The summed E-state index contributed by atoms with van der Waals surface area (Å²) in [5.41, 5.74) is 3.66. The van der Waals surface area contributed by atoms with Gasteiger partial charge < -0.3 is 4.57 Å². The van der Waals surface area contributed by atoms with Crippen LogP contribution in [0.4, 0.5) is 0 Å². The normalized spacial score (nSPS) is 11.0. The number of hydrogen-bond acceptors (Lipinski definition) is 3. The van der Waals surface area contributed by atoms with Crippen molar-refractivity contribution in [2.45, 2.75) is 44.4 Å². The quantitative estimate of drug-likeness (QED) is 0.363. The molecule has 1 heterocycles. The third kappa shape index (κ3) is 4.18. The van der Waals surface area contributed by atoms with E-state index in [1.807, 2.05) is 18.8 Å². The second kappa shape index (κ2) is 9.04. The van der Waals surface area contributed by atoms with Gasteiger partial charge in [-0.25, -0.2) is 0 Å². The molecule has 2 aromatic carbocycles. The van der Waals surface area contributed by atoms with Crippen LogP contribution in [0.2, 0.25) is 0 Å². The van der Waals surface area contributed by atoms with Gasteiger partial charge >= 0.3 is 0 Å². The average Bonchev–Trinajstić information content (AvgIpc) is 3.05. The van der Waals surface area contributed by atoms with Crippen molar-refractivity contribution in [1.29, 1.82) is 0 Å². The molecule has 0 radical (unpaired) electrons. The average molecular weight is 366 g/mol. The van der Waals surface area contributed by atoms with Gasteiger partial charge in [0.2, 0.25) is 0 Å². The number of benzene rings is 2. The molecule has 0 fully saturated rings. The van der Waals surface area contributed by atoms with Gasteiger partial charge in [-0.2, -0.15) is 0 Å². The van der Waals surface area contributed by atoms with E-state index in [1.54, 1.807) is 0 Å². The predicted octanol–water partition coefficient (Wildman–Crippen LogP) is 5.99. The Morgan fingerprint density at radius 1 is 0.885 bits per heavy atom. The molecule has 0 amide bonds. The summed E-state index contributed by atoms with van der Waals surface area (Å²) in [7, 11) is 2.05. The monoisotopic (exact) mass is 365 g/mol. The number of rotatable bonds is 8. The summed E-state index contributed by atoms with van der Waals surface area (Å²) in [6.07, 6.45) is 4.97. The van der Waals surface area contributed by atoms with Crippen LogP contribution in [0.25, 0.3) is 22.8 Å². The minimum atomic E-state index is 0.913. The number of thioether (sulfide) groups is 1. The van der Waals surface area contributed by atoms with E-state index in [4.69, 9.17) is 0 Å². The molecule has 26 heavy (non-hydrogen) atoms. The molecular formula is C22H27N3S. The van der Waals surface area contributed by atoms with Crippen LogP contribution in [-0.4, -0.2) is 20.5 Å². The van der Waals surface area contributed by atoms with Crippen molar-refractivity contribution < 1.29 is 0 Å². The van der Waals surface area contributed by atoms with Crippen LogP contribution < -0.4 is 0 Å². The second-order valence-corrected chi connectivity index (χ2v) is 7.80. The van der Waals surface area contributed by atoms with E-state index in [0.717, 1.165) is 34.9 Å². The van der Waals surface area contributed by atoms with Crippen molar-refractivity contribution in [1.82, 2.24) is 14.8 Å². The lowest BCUT2D eigenvalue weighted by atomic mass is 10.1. The molecule has 136 valence electrons. The molecule has 0 aliphatic heterocycles. The van der Waals surface area contributed by atoms with Gasteiger partial charge in [0.1, 0.15) is 0 Å². The Hall–Kier alpha value is -2.07. The van der Waals surface area contributed by atoms with E-state index in [2.05, 4.69) is 77.1 Å². The van der Waals surface area contributed by atoms with Crippen molar-refractivity contribution in [2.75, 3.05) is 5.75 Å². The molecule has 0 N–H and O–H groups in total. The maximum Gasteiger partial charge on any atom is 0.165 e. The highest BCUT2D eigenvalue weighted by atomic mass is 32.2. The minimum Gasteiger partial charge on any atom is -0.310 e. The van der Waals surface area contributed by atoms with Gasteiger partial charge in [0, 0.05) is 23.1 Å². The van der Waals surface area contributed by atoms with E-state index in [9.17, 15) is 0 Å². The van der Waals surface area contributed by atoms with Gasteiger partial charge in [0.15, 0.2) is 11.6 Å². The molecule has 0 spiro atoms. The Bertz CT molecular complexity index is 837. The lowest BCUT2D eigenvalue weighted by Gasteiger charge is -2.09. The summed E-state index contributed by atoms with van der Waals surface area (Å²) in [6, 6.07) is 17.2. The molecule has 3 rings (SSSR count). The standard InChI is InChI=1S/C22H27N3S/c1-4-6-7-10-17-13-15-18(16-14-17)21-23-24-22(25(21)3)19-11-8-9-12-20(19)26-5-2/h8-9,11-16H,4-7,10H2,1-3H3. The molecular weight excluding hydrogens is 338 g/mol. The smallest absolute Gasteiger partial charge is 0.165 e. The van der Waals surface area contributed by atoms with Gasteiger partial charge in [-0.15, -0.1) is 22.0 Å². The number of nitrogens with zero attached hydrogens (tertiary/aromatic N) is 3. The molecule has 0 aliphatic carbocycles. The second-order valence-electron chi connectivity index (χ2n) is 6.49. The van der Waals surface area contributed by atoms with Crippen molar-refractivity contribution in [3.63, 3.8) is 0 Å². The van der Waals surface area contributed by atoms with Crippen LogP contribution in [0.5, 0.6) is 0 Å². The Balaban J connectivity index is 1.85. The summed E-state index contributed by atoms with van der Waals surface area (Å²) in [5.74, 6) is 2.88. The predicted molar refractivity (Wildman–Crippen MR) is 112 cm³/mol. The fourth-order valence-corrected chi connectivity index (χ4v) is 3.95. The van der Waals surface area contributed by atoms with Crippen LogP contribution >= 0.6 is 11.8 Å². The Morgan fingerprint density at radius 2 is 1.62 bits per heavy atom. The zero-order valence-electron chi connectivity index (χ0n) is 15.9. The molecule has 0 saturated carbocycles. The number of aryl methyl sites for hydroxylation is 1. The Morgan fingerprint density at radius 3 is 2.35 bits per heavy atom. The molecule has 4 heteroatoms. The molecule has 0 atom stereocenters. The van der Waals surface area contributed by atoms with Crippen LogP contribution in [0.3, 0.4) is 0 Å². The first kappa shape index (κ1) is 18.7. The highest BCUT2D eigenvalue weighted by Gasteiger charge is 2.15. The maximum atomic E-state index is 4.49. The SMILES string of the molecule is CCCCCc1ccc(-c2nnc(-c3ccccc3SCC)n2C)cc1. The van der Waals surface area contributed by atoms with Crippen LogP contribution in [0, 0.1) is 0 Å². The molecule has 0 unspecified atom stereocenters. The van der Waals surface area contributed by atoms with Crippen LogP contribution in [0.1, 0.15) is 38.7 Å². The zero-order chi connectivity index (χ0) is 18.4. The minimum absolute atomic E-state index is 0.913. The third-order valence-corrected chi connectivity index (χ3v) is 5.54. The zero-order valence-corrected chi connectivity index (χ0v) is 16.7. The van der Waals surface area contributed by atoms with E-state index < -0.39 is 0 Å². The van der Waals surface area contributed by atoms with E-state index >= 15 is 0 Å². The molecule has 3 aromatic rings. The van der Waals surface area contributed by atoms with Crippen molar-refractivity contribution in [2.24, 2.45) is 7.05 Å². The highest BCUT2D eigenvalue weighted by Crippen LogP contribution is 2.31. The van der Waals surface area contributed by atoms with E-state index in [0.29, 0.717) is 0 Å².